The van der Waals surface area contributed by atoms with E-state index in [0.717, 1.165) is 17.4 Å². The summed E-state index contributed by atoms with van der Waals surface area (Å²) in [6.07, 6.45) is -38.0. The molecule has 1 rings (SSSR count). The van der Waals surface area contributed by atoms with Gasteiger partial charge in [-0.2, -0.15) is 74.6 Å². The van der Waals surface area contributed by atoms with Crippen molar-refractivity contribution in [2.75, 3.05) is 5.32 Å². The number of aromatic nitrogens is 1. The van der Waals surface area contributed by atoms with Crippen LogP contribution < -0.4 is 5.32 Å². The van der Waals surface area contributed by atoms with E-state index in [1.165, 1.54) is 4.74 Å². The number of carbonyl (C=O) groups excluding carboxylic acids is 1. The highest BCUT2D eigenvalue weighted by Gasteiger charge is 2.85. The predicted octanol–water partition coefficient (Wildman–Crippen LogP) is 5.89. The topological polar surface area (TPSA) is 60.5 Å². The van der Waals surface area contributed by atoms with Gasteiger partial charge in [-0.3, -0.25) is 14.3 Å². The molecule has 0 radical (unpaired) electrons. The summed E-state index contributed by atoms with van der Waals surface area (Å²) in [6, 6.07) is 2.37. The molecule has 0 fully saturated rings. The first kappa shape index (κ1) is 31.4. The number of amides is 1. The lowest BCUT2D eigenvalue weighted by Crippen LogP contribution is -2.68. The fourth-order valence-corrected chi connectivity index (χ4v) is 1.80. The zero-order valence-corrected chi connectivity index (χ0v) is 15.9. The zero-order valence-electron chi connectivity index (χ0n) is 15.9. The van der Waals surface area contributed by atoms with Crippen LogP contribution in [0.5, 0.6) is 0 Å². The summed E-state index contributed by atoms with van der Waals surface area (Å²) in [7, 11) is 0. The Hall–Kier alpha value is -2.65. The molecule has 0 aliphatic carbocycles. The third kappa shape index (κ3) is 5.52. The summed E-state index contributed by atoms with van der Waals surface area (Å²) in [5.74, 6) is -27.5. The number of alkyl halides is 17. The Morgan fingerprint density at radius 2 is 1.17 bits per heavy atom. The number of hydrogen-bond acceptors (Lipinski definition) is 4. The number of nitrogens with one attached hydrogen (secondary N) is 1. The minimum Gasteiger partial charge on any atom is -0.305 e. The summed E-state index contributed by atoms with van der Waals surface area (Å²) in [5, 5.41) is 0.729. The SMILES string of the molecule is O=C(Nc1ccccn1)[C@](F)(OC(F)(F)[C@@](F)(OC(F)(F)C(F)(F)C(F)(F)F)C(F)(F)F)C(F)(F)F. The van der Waals surface area contributed by atoms with Crippen LogP contribution in [0.25, 0.3) is 0 Å². The van der Waals surface area contributed by atoms with Crippen LogP contribution in [-0.2, 0) is 14.3 Å². The fourth-order valence-electron chi connectivity index (χ4n) is 1.80. The highest BCUT2D eigenvalue weighted by molar-refractivity contribution is 5.96. The maximum absolute atomic E-state index is 14.3. The minimum absolute atomic E-state index is 0.519. The van der Waals surface area contributed by atoms with Crippen LogP contribution >= 0.6 is 0 Å². The van der Waals surface area contributed by atoms with E-state index < -0.39 is 60.1 Å². The van der Waals surface area contributed by atoms with Gasteiger partial charge in [0.05, 0.1) is 0 Å². The summed E-state index contributed by atoms with van der Waals surface area (Å²) < 4.78 is 225. The predicted molar refractivity (Wildman–Crippen MR) is 75.7 cm³/mol. The van der Waals surface area contributed by atoms with E-state index in [2.05, 4.69) is 4.98 Å². The second-order valence-corrected chi connectivity index (χ2v) is 6.16. The van der Waals surface area contributed by atoms with E-state index in [9.17, 15) is 79.4 Å². The van der Waals surface area contributed by atoms with Crippen LogP contribution in [0.3, 0.4) is 0 Å². The summed E-state index contributed by atoms with van der Waals surface area (Å²) in [5.41, 5.74) is 0. The van der Waals surface area contributed by atoms with Gasteiger partial charge in [0, 0.05) is 6.20 Å². The molecule has 0 unspecified atom stereocenters. The van der Waals surface area contributed by atoms with E-state index in [0.29, 0.717) is 12.3 Å². The highest BCUT2D eigenvalue weighted by atomic mass is 19.4. The summed E-state index contributed by atoms with van der Waals surface area (Å²) >= 11 is 0. The monoisotopic (exact) mass is 572 g/mol. The number of rotatable bonds is 8. The van der Waals surface area contributed by atoms with Crippen molar-refractivity contribution in [2.45, 2.75) is 48.4 Å². The molecule has 2 atom stereocenters. The van der Waals surface area contributed by atoms with Crippen molar-refractivity contribution in [1.82, 2.24) is 4.98 Å². The zero-order chi connectivity index (χ0) is 28.8. The van der Waals surface area contributed by atoms with Gasteiger partial charge < -0.3 is 5.32 Å². The molecule has 0 bridgehead atoms. The second-order valence-electron chi connectivity index (χ2n) is 6.16. The normalized spacial score (nSPS) is 17.8. The van der Waals surface area contributed by atoms with Gasteiger partial charge in [-0.15, -0.1) is 0 Å². The molecule has 0 aromatic carbocycles. The van der Waals surface area contributed by atoms with Gasteiger partial charge in [0.25, 0.3) is 0 Å². The molecule has 1 N–H and O–H groups in total. The lowest BCUT2D eigenvalue weighted by Gasteiger charge is -2.40. The number of nitrogens with zero attached hydrogens (tertiary/aromatic N) is 1. The van der Waals surface area contributed by atoms with Crippen molar-refractivity contribution in [3.8, 4) is 0 Å². The van der Waals surface area contributed by atoms with Crippen molar-refractivity contribution in [3.05, 3.63) is 24.4 Å². The van der Waals surface area contributed by atoms with Gasteiger partial charge in [0.15, 0.2) is 0 Å². The molecule has 0 saturated heterocycles. The maximum atomic E-state index is 14.3. The standard InChI is InChI=1S/C14H5F17N2O3/c15-7(10(19,20)21,6(34)33-5-3-1-2-4-32-5)35-14(30,31)9(18,12(25,26)27)36-13(28,29)8(16,17)11(22,23)24/h1-4H,(H,32,33,34)/t7-,9-/m0/s1. The average molecular weight is 572 g/mol. The molecule has 0 spiro atoms. The Kier molecular flexibility index (Phi) is 7.87. The molecule has 1 heterocycles. The third-order valence-electron chi connectivity index (χ3n) is 3.56. The quantitative estimate of drug-likeness (QED) is 0.395. The van der Waals surface area contributed by atoms with Crippen LogP contribution in [0.1, 0.15) is 0 Å². The van der Waals surface area contributed by atoms with Crippen LogP contribution in [0.2, 0.25) is 0 Å². The molecule has 1 aromatic heterocycles. The summed E-state index contributed by atoms with van der Waals surface area (Å²) in [6.45, 7) is 0. The van der Waals surface area contributed by atoms with Crippen molar-refractivity contribution in [1.29, 1.82) is 0 Å². The Balaban J connectivity index is 3.61. The lowest BCUT2D eigenvalue weighted by atomic mass is 10.2. The number of pyridine rings is 1. The second kappa shape index (κ2) is 9.03. The largest absolute Gasteiger partial charge is 0.462 e. The van der Waals surface area contributed by atoms with E-state index in [4.69, 9.17) is 0 Å². The Morgan fingerprint density at radius 3 is 1.53 bits per heavy atom. The number of halogens is 17. The van der Waals surface area contributed by atoms with E-state index >= 15 is 0 Å². The first-order valence-corrected chi connectivity index (χ1v) is 8.00. The first-order valence-electron chi connectivity index (χ1n) is 8.00. The van der Waals surface area contributed by atoms with Crippen LogP contribution in [0, 0.1) is 0 Å². The van der Waals surface area contributed by atoms with Crippen molar-refractivity contribution >= 4 is 11.7 Å². The molecule has 1 amide bonds. The average Bonchev–Trinajstić information content (AvgIpc) is 2.65. The minimum atomic E-state index is -8.06. The number of hydrogen-bond donors (Lipinski definition) is 1. The molecule has 36 heavy (non-hydrogen) atoms. The van der Waals surface area contributed by atoms with Gasteiger partial charge in [-0.05, 0) is 12.1 Å². The Bertz CT molecular complexity index is 929. The molecule has 0 aliphatic heterocycles. The molecular formula is C14H5F17N2O3. The highest BCUT2D eigenvalue weighted by Crippen LogP contribution is 2.56. The molecule has 0 saturated carbocycles. The van der Waals surface area contributed by atoms with Crippen LogP contribution in [0.15, 0.2) is 24.4 Å². The molecule has 22 heteroatoms. The lowest BCUT2D eigenvalue weighted by molar-refractivity contribution is -0.548. The van der Waals surface area contributed by atoms with Gasteiger partial charge >= 0.3 is 54.3 Å². The number of ether oxygens (including phenoxy) is 2. The van der Waals surface area contributed by atoms with Crippen molar-refractivity contribution < 1.29 is 88.9 Å². The van der Waals surface area contributed by atoms with Crippen LogP contribution in [0.4, 0.5) is 80.5 Å². The van der Waals surface area contributed by atoms with E-state index in [-0.39, 0.29) is 0 Å². The van der Waals surface area contributed by atoms with Crippen molar-refractivity contribution in [2.24, 2.45) is 0 Å². The number of carbonyl (C=O) groups is 1. The summed E-state index contributed by atoms with van der Waals surface area (Å²) in [4.78, 5) is 14.6. The van der Waals surface area contributed by atoms with Gasteiger partial charge in [0.2, 0.25) is 0 Å². The van der Waals surface area contributed by atoms with Gasteiger partial charge in [-0.1, -0.05) is 6.07 Å². The van der Waals surface area contributed by atoms with E-state index in [1.54, 1.807) is 0 Å². The molecule has 5 nitrogen and oxygen atoms in total. The smallest absolute Gasteiger partial charge is 0.305 e. The number of anilines is 1. The van der Waals surface area contributed by atoms with Crippen molar-refractivity contribution in [3.63, 3.8) is 0 Å². The van der Waals surface area contributed by atoms with Gasteiger partial charge in [0.1, 0.15) is 5.82 Å². The van der Waals surface area contributed by atoms with Gasteiger partial charge in [-0.25, -0.2) is 4.98 Å². The Morgan fingerprint density at radius 1 is 0.667 bits per heavy atom. The molecule has 208 valence electrons. The molecular weight excluding hydrogens is 567 g/mol. The third-order valence-corrected chi connectivity index (χ3v) is 3.56. The van der Waals surface area contributed by atoms with Crippen LogP contribution in [-0.4, -0.2) is 59.3 Å². The maximum Gasteiger partial charge on any atom is 0.462 e. The van der Waals surface area contributed by atoms with E-state index in [1.807, 2.05) is 4.74 Å². The molecule has 0 aliphatic rings. The molecule has 1 aromatic rings. The first-order chi connectivity index (χ1) is 15.7. The Labute approximate surface area is 185 Å². The fraction of sp³-hybridized carbons (Fsp3) is 0.571.